The molecule has 2 aromatic rings. The van der Waals surface area contributed by atoms with Crippen molar-refractivity contribution in [2.24, 2.45) is 0 Å². The summed E-state index contributed by atoms with van der Waals surface area (Å²) in [5.74, 6) is -2.20. The third-order valence-electron chi connectivity index (χ3n) is 7.25. The Hall–Kier alpha value is -3.62. The normalized spacial score (nSPS) is 18.1. The first-order chi connectivity index (χ1) is 18.8. The van der Waals surface area contributed by atoms with Crippen molar-refractivity contribution in [1.29, 1.82) is 0 Å². The predicted molar refractivity (Wildman–Crippen MR) is 149 cm³/mol. The maximum Gasteiger partial charge on any atom is 0.336 e. The van der Waals surface area contributed by atoms with Crippen LogP contribution >= 0.6 is 11.6 Å². The average Bonchev–Trinajstić information content (AvgIpc) is 2.96. The summed E-state index contributed by atoms with van der Waals surface area (Å²) in [5.41, 5.74) is 3.09. The van der Waals surface area contributed by atoms with Crippen LogP contribution in [0.3, 0.4) is 0 Å². The topological polar surface area (TPSA) is 88.2 Å². The Labute approximate surface area is 234 Å². The third-order valence-corrected chi connectivity index (χ3v) is 7.59. The number of aryl methyl sites for hydroxylation is 1. The number of carbonyl (C=O) groups excluding carboxylic acids is 3. The summed E-state index contributed by atoms with van der Waals surface area (Å²) in [6.07, 6.45) is 1.04. The van der Waals surface area contributed by atoms with Crippen LogP contribution in [0, 0.1) is 0 Å². The number of nitrogens with zero attached hydrogens (tertiary/aromatic N) is 2. The molecule has 2 aromatic carbocycles. The molecule has 0 bridgehead atoms. The number of halogens is 1. The Balaban J connectivity index is 1.82. The van der Waals surface area contributed by atoms with Crippen molar-refractivity contribution in [2.75, 3.05) is 47.4 Å². The van der Waals surface area contributed by atoms with Gasteiger partial charge in [-0.05, 0) is 37.1 Å². The quantitative estimate of drug-likeness (QED) is 0.501. The number of nitrogens with one attached hydrogen (secondary N) is 1. The van der Waals surface area contributed by atoms with E-state index in [4.69, 9.17) is 21.1 Å². The molecule has 1 amide bonds. The molecule has 1 fully saturated rings. The van der Waals surface area contributed by atoms with E-state index in [0.717, 1.165) is 18.7 Å². The van der Waals surface area contributed by atoms with Gasteiger partial charge in [-0.2, -0.15) is 0 Å². The summed E-state index contributed by atoms with van der Waals surface area (Å²) in [6.45, 7) is 2.76. The van der Waals surface area contributed by atoms with Gasteiger partial charge in [0.05, 0.1) is 37.7 Å². The van der Waals surface area contributed by atoms with Gasteiger partial charge in [0.25, 0.3) is 0 Å². The predicted octanol–water partition coefficient (Wildman–Crippen LogP) is 3.68. The highest BCUT2D eigenvalue weighted by Crippen LogP contribution is 2.43. The maximum atomic E-state index is 13.4. The summed E-state index contributed by atoms with van der Waals surface area (Å²) >= 11 is 6.64. The number of likely N-dealkylation sites (N-methyl/N-ethyl adjacent to an activating group) is 1. The second kappa shape index (κ2) is 13.0. The lowest BCUT2D eigenvalue weighted by Gasteiger charge is -2.35. The van der Waals surface area contributed by atoms with Crippen LogP contribution in [0.15, 0.2) is 77.1 Å². The molecule has 2 aliphatic rings. The number of piperazine rings is 1. The number of ether oxygens (including phenoxy) is 2. The van der Waals surface area contributed by atoms with Gasteiger partial charge < -0.3 is 24.6 Å². The molecule has 2 aliphatic heterocycles. The van der Waals surface area contributed by atoms with E-state index in [9.17, 15) is 14.4 Å². The molecule has 8 nitrogen and oxygen atoms in total. The highest BCUT2D eigenvalue weighted by atomic mass is 35.5. The maximum absolute atomic E-state index is 13.4. The molecular formula is C30H34ClN3O5. The molecular weight excluding hydrogens is 518 g/mol. The lowest BCUT2D eigenvalue weighted by atomic mass is 9.78. The average molecular weight is 552 g/mol. The first-order valence-corrected chi connectivity index (χ1v) is 13.4. The summed E-state index contributed by atoms with van der Waals surface area (Å²) < 4.78 is 10.4. The minimum atomic E-state index is -0.874. The van der Waals surface area contributed by atoms with Crippen molar-refractivity contribution < 1.29 is 23.9 Å². The molecule has 1 unspecified atom stereocenters. The standard InChI is InChI=1S/C30H34ClN3O5/c1-33-15-17-34(18-16-33)25(35)19-24-28(30(37)39-3)26(21-11-7-8-12-22(21)31)27(29(36)38-2)23(32-24)14-13-20-9-5-4-6-10-20/h4-12,26,32H,13-19H2,1-3H3. The summed E-state index contributed by atoms with van der Waals surface area (Å²) in [4.78, 5) is 44.1. The van der Waals surface area contributed by atoms with E-state index in [2.05, 4.69) is 10.2 Å². The Bertz CT molecular complexity index is 1280. The van der Waals surface area contributed by atoms with Crippen molar-refractivity contribution in [2.45, 2.75) is 25.2 Å². The largest absolute Gasteiger partial charge is 0.466 e. The lowest BCUT2D eigenvalue weighted by Crippen LogP contribution is -2.47. The van der Waals surface area contributed by atoms with Crippen LogP contribution in [0.1, 0.15) is 29.9 Å². The van der Waals surface area contributed by atoms with Gasteiger partial charge in [0.1, 0.15) is 0 Å². The van der Waals surface area contributed by atoms with Gasteiger partial charge in [-0.1, -0.05) is 60.1 Å². The molecule has 39 heavy (non-hydrogen) atoms. The third kappa shape index (κ3) is 6.52. The van der Waals surface area contributed by atoms with E-state index in [1.165, 1.54) is 14.2 Å². The Morgan fingerprint density at radius 1 is 0.846 bits per heavy atom. The van der Waals surface area contributed by atoms with E-state index >= 15 is 0 Å². The van der Waals surface area contributed by atoms with Gasteiger partial charge in [0, 0.05) is 42.6 Å². The molecule has 0 aliphatic carbocycles. The number of hydrogen-bond donors (Lipinski definition) is 1. The van der Waals surface area contributed by atoms with E-state index in [1.807, 2.05) is 37.4 Å². The van der Waals surface area contributed by atoms with Crippen LogP contribution < -0.4 is 5.32 Å². The molecule has 1 atom stereocenters. The fourth-order valence-corrected chi connectivity index (χ4v) is 5.35. The molecule has 4 rings (SSSR count). The number of rotatable bonds is 8. The molecule has 1 saturated heterocycles. The fourth-order valence-electron chi connectivity index (χ4n) is 5.10. The highest BCUT2D eigenvalue weighted by molar-refractivity contribution is 6.31. The van der Waals surface area contributed by atoms with E-state index < -0.39 is 17.9 Å². The molecule has 2 heterocycles. The minimum absolute atomic E-state index is 0.0433. The summed E-state index contributed by atoms with van der Waals surface area (Å²) in [7, 11) is 4.61. The van der Waals surface area contributed by atoms with Gasteiger partial charge in [-0.25, -0.2) is 9.59 Å². The molecule has 0 aromatic heterocycles. The van der Waals surface area contributed by atoms with Crippen LogP contribution in [-0.2, 0) is 30.3 Å². The first kappa shape index (κ1) is 28.4. The molecule has 1 N–H and O–H groups in total. The Morgan fingerprint density at radius 2 is 1.44 bits per heavy atom. The summed E-state index contributed by atoms with van der Waals surface area (Å²) in [6, 6.07) is 17.0. The molecule has 0 saturated carbocycles. The van der Waals surface area contributed by atoms with Crippen molar-refractivity contribution >= 4 is 29.4 Å². The number of carbonyl (C=O) groups is 3. The van der Waals surface area contributed by atoms with Crippen LogP contribution in [0.2, 0.25) is 5.02 Å². The number of dihydropyridines is 1. The zero-order valence-corrected chi connectivity index (χ0v) is 23.3. The van der Waals surface area contributed by atoms with E-state index in [0.29, 0.717) is 47.9 Å². The molecule has 0 radical (unpaired) electrons. The fraction of sp³-hybridized carbons (Fsp3) is 0.367. The van der Waals surface area contributed by atoms with Gasteiger partial charge in [-0.15, -0.1) is 0 Å². The van der Waals surface area contributed by atoms with Crippen LogP contribution in [-0.4, -0.2) is 75.1 Å². The monoisotopic (exact) mass is 551 g/mol. The Kier molecular flexibility index (Phi) is 9.43. The van der Waals surface area contributed by atoms with Gasteiger partial charge in [0.2, 0.25) is 5.91 Å². The second-order valence-corrected chi connectivity index (χ2v) is 10.1. The zero-order valence-electron chi connectivity index (χ0n) is 22.5. The van der Waals surface area contributed by atoms with Gasteiger partial charge in [-0.3, -0.25) is 4.79 Å². The smallest absolute Gasteiger partial charge is 0.336 e. The number of methoxy groups -OCH3 is 2. The van der Waals surface area contributed by atoms with Crippen molar-refractivity contribution in [3.05, 3.63) is 93.3 Å². The number of hydrogen-bond acceptors (Lipinski definition) is 7. The minimum Gasteiger partial charge on any atom is -0.466 e. The molecule has 9 heteroatoms. The number of allylic oxidation sites excluding steroid dienone is 1. The van der Waals surface area contributed by atoms with Gasteiger partial charge >= 0.3 is 11.9 Å². The number of amides is 1. The lowest BCUT2D eigenvalue weighted by molar-refractivity contribution is -0.137. The van der Waals surface area contributed by atoms with E-state index in [-0.39, 0.29) is 23.5 Å². The summed E-state index contributed by atoms with van der Waals surface area (Å²) in [5, 5.41) is 3.70. The number of esters is 2. The van der Waals surface area contributed by atoms with Crippen LogP contribution in [0.25, 0.3) is 0 Å². The van der Waals surface area contributed by atoms with Crippen molar-refractivity contribution in [1.82, 2.24) is 15.1 Å². The SMILES string of the molecule is COC(=O)C1=C(CCc2ccccc2)NC(CC(=O)N2CCN(C)CC2)=C(C(=O)OC)C1c1ccccc1Cl. The molecule has 0 spiro atoms. The van der Waals surface area contributed by atoms with E-state index in [1.54, 1.807) is 29.2 Å². The number of benzene rings is 2. The van der Waals surface area contributed by atoms with Crippen molar-refractivity contribution in [3.8, 4) is 0 Å². The van der Waals surface area contributed by atoms with Crippen LogP contribution in [0.5, 0.6) is 0 Å². The zero-order chi connectivity index (χ0) is 27.9. The van der Waals surface area contributed by atoms with Gasteiger partial charge in [0.15, 0.2) is 0 Å². The highest BCUT2D eigenvalue weighted by Gasteiger charge is 2.41. The second-order valence-electron chi connectivity index (χ2n) is 9.69. The molecule has 206 valence electrons. The first-order valence-electron chi connectivity index (χ1n) is 13.0. The Morgan fingerprint density at radius 3 is 2.05 bits per heavy atom. The van der Waals surface area contributed by atoms with Crippen LogP contribution in [0.4, 0.5) is 0 Å². The van der Waals surface area contributed by atoms with Crippen molar-refractivity contribution in [3.63, 3.8) is 0 Å².